The Hall–Kier alpha value is -0.970. The van der Waals surface area contributed by atoms with Crippen LogP contribution in [0.5, 0.6) is 0 Å². The second-order valence-corrected chi connectivity index (χ2v) is 3.49. The summed E-state index contributed by atoms with van der Waals surface area (Å²) < 4.78 is 0. The van der Waals surface area contributed by atoms with Crippen molar-refractivity contribution in [2.24, 2.45) is 0 Å². The molecule has 0 aliphatic carbocycles. The molecule has 0 amide bonds. The molecule has 4 nitrogen and oxygen atoms in total. The van der Waals surface area contributed by atoms with E-state index in [2.05, 4.69) is 4.98 Å². The molecule has 0 spiro atoms. The third kappa shape index (κ3) is 1.74. The van der Waals surface area contributed by atoms with Gasteiger partial charge < -0.3 is 0 Å². The summed E-state index contributed by atoms with van der Waals surface area (Å²) in [5.41, 5.74) is 0. The molecule has 0 atom stereocenters. The first-order chi connectivity index (χ1) is 5.11. The van der Waals surface area contributed by atoms with Crippen molar-refractivity contribution in [3.8, 4) is 0 Å². The van der Waals surface area contributed by atoms with Gasteiger partial charge in [0.25, 0.3) is 0 Å². The lowest BCUT2D eigenvalue weighted by atomic mass is 10.2. The minimum atomic E-state index is -0.413. The number of thiazole rings is 1. The number of nitro groups is 1. The van der Waals surface area contributed by atoms with E-state index in [1.807, 2.05) is 13.8 Å². The Kier molecular flexibility index (Phi) is 2.19. The van der Waals surface area contributed by atoms with Gasteiger partial charge in [0, 0.05) is 5.92 Å². The minimum absolute atomic E-state index is 0.119. The van der Waals surface area contributed by atoms with Crippen LogP contribution in [-0.2, 0) is 0 Å². The Bertz CT molecular complexity index is 269. The molecule has 1 heterocycles. The van der Waals surface area contributed by atoms with E-state index in [1.165, 1.54) is 6.20 Å². The SMILES string of the molecule is CC(C)c1ncc([N+](=O)[O-])s1. The Morgan fingerprint density at radius 3 is 2.64 bits per heavy atom. The van der Waals surface area contributed by atoms with Crippen LogP contribution < -0.4 is 0 Å². The second kappa shape index (κ2) is 2.96. The third-order valence-electron chi connectivity index (χ3n) is 1.19. The van der Waals surface area contributed by atoms with Gasteiger partial charge in [0.05, 0.1) is 4.92 Å². The van der Waals surface area contributed by atoms with Gasteiger partial charge in [0.2, 0.25) is 0 Å². The Morgan fingerprint density at radius 1 is 1.73 bits per heavy atom. The van der Waals surface area contributed by atoms with Gasteiger partial charge in [-0.1, -0.05) is 13.8 Å². The van der Waals surface area contributed by atoms with E-state index in [1.54, 1.807) is 0 Å². The number of nitrogens with zero attached hydrogens (tertiary/aromatic N) is 2. The smallest absolute Gasteiger partial charge is 0.257 e. The Balaban J connectivity index is 2.90. The van der Waals surface area contributed by atoms with Gasteiger partial charge in [0.15, 0.2) is 0 Å². The molecule has 0 unspecified atom stereocenters. The third-order valence-corrected chi connectivity index (χ3v) is 2.43. The number of aromatic nitrogens is 1. The molecular weight excluding hydrogens is 164 g/mol. The van der Waals surface area contributed by atoms with Crippen LogP contribution in [0.25, 0.3) is 0 Å². The predicted molar refractivity (Wildman–Crippen MR) is 42.9 cm³/mol. The second-order valence-electron chi connectivity index (χ2n) is 2.45. The van der Waals surface area contributed by atoms with Gasteiger partial charge in [-0.3, -0.25) is 10.1 Å². The van der Waals surface area contributed by atoms with Gasteiger partial charge in [-0.25, -0.2) is 4.98 Å². The average molecular weight is 172 g/mol. The fourth-order valence-electron chi connectivity index (χ4n) is 0.630. The van der Waals surface area contributed by atoms with Crippen molar-refractivity contribution >= 4 is 16.3 Å². The van der Waals surface area contributed by atoms with Crippen LogP contribution in [0.1, 0.15) is 24.8 Å². The maximum absolute atomic E-state index is 10.2. The highest BCUT2D eigenvalue weighted by Gasteiger charge is 2.12. The summed E-state index contributed by atoms with van der Waals surface area (Å²) in [6, 6.07) is 0. The van der Waals surface area contributed by atoms with E-state index in [9.17, 15) is 10.1 Å². The van der Waals surface area contributed by atoms with Gasteiger partial charge in [-0.2, -0.15) is 0 Å². The number of rotatable bonds is 2. The van der Waals surface area contributed by atoms with E-state index < -0.39 is 4.92 Å². The lowest BCUT2D eigenvalue weighted by Crippen LogP contribution is -1.82. The maximum atomic E-state index is 10.2. The zero-order valence-corrected chi connectivity index (χ0v) is 7.09. The van der Waals surface area contributed by atoms with Crippen molar-refractivity contribution in [2.75, 3.05) is 0 Å². The Labute approximate surface area is 68.0 Å². The summed E-state index contributed by atoms with van der Waals surface area (Å²) in [7, 11) is 0. The van der Waals surface area contributed by atoms with Crippen LogP contribution in [0.3, 0.4) is 0 Å². The fraction of sp³-hybridized carbons (Fsp3) is 0.500. The lowest BCUT2D eigenvalue weighted by Gasteiger charge is -1.93. The molecule has 1 aromatic heterocycles. The van der Waals surface area contributed by atoms with Gasteiger partial charge >= 0.3 is 5.00 Å². The van der Waals surface area contributed by atoms with Crippen LogP contribution in [0.2, 0.25) is 0 Å². The molecular formula is C6H8N2O2S. The summed E-state index contributed by atoms with van der Waals surface area (Å²) in [6.07, 6.45) is 1.31. The van der Waals surface area contributed by atoms with Gasteiger partial charge in [-0.05, 0) is 11.3 Å². The molecule has 60 valence electrons. The summed E-state index contributed by atoms with van der Waals surface area (Å²) in [5.74, 6) is 0.272. The van der Waals surface area contributed by atoms with Crippen LogP contribution in [0.4, 0.5) is 5.00 Å². The van der Waals surface area contributed by atoms with Crippen molar-refractivity contribution in [3.63, 3.8) is 0 Å². The largest absolute Gasteiger partial charge is 0.343 e. The highest BCUT2D eigenvalue weighted by Crippen LogP contribution is 2.26. The van der Waals surface area contributed by atoms with Crippen LogP contribution in [0.15, 0.2) is 6.20 Å². The fourth-order valence-corrected chi connectivity index (χ4v) is 1.37. The lowest BCUT2D eigenvalue weighted by molar-refractivity contribution is -0.380. The number of hydrogen-bond acceptors (Lipinski definition) is 4. The standard InChI is InChI=1S/C6H8N2O2S/c1-4(2)6-7-3-5(11-6)8(9)10/h3-4H,1-2H3. The van der Waals surface area contributed by atoms with Crippen molar-refractivity contribution in [2.45, 2.75) is 19.8 Å². The zero-order chi connectivity index (χ0) is 8.43. The van der Waals surface area contributed by atoms with E-state index in [0.29, 0.717) is 0 Å². The molecule has 0 bridgehead atoms. The number of hydrogen-bond donors (Lipinski definition) is 0. The van der Waals surface area contributed by atoms with Crippen molar-refractivity contribution in [1.29, 1.82) is 0 Å². The summed E-state index contributed by atoms with van der Waals surface area (Å²) in [4.78, 5) is 13.7. The maximum Gasteiger partial charge on any atom is 0.343 e. The Morgan fingerprint density at radius 2 is 2.36 bits per heavy atom. The first-order valence-electron chi connectivity index (χ1n) is 3.21. The van der Waals surface area contributed by atoms with Crippen LogP contribution >= 0.6 is 11.3 Å². The van der Waals surface area contributed by atoms with Gasteiger partial charge in [-0.15, -0.1) is 0 Å². The van der Waals surface area contributed by atoms with E-state index in [-0.39, 0.29) is 10.9 Å². The predicted octanol–water partition coefficient (Wildman–Crippen LogP) is 2.17. The molecule has 0 fully saturated rings. The molecule has 0 aromatic carbocycles. The summed E-state index contributed by atoms with van der Waals surface area (Å²) >= 11 is 1.14. The summed E-state index contributed by atoms with van der Waals surface area (Å²) in [6.45, 7) is 3.92. The topological polar surface area (TPSA) is 56.0 Å². The van der Waals surface area contributed by atoms with Crippen molar-refractivity contribution in [3.05, 3.63) is 21.3 Å². The van der Waals surface area contributed by atoms with Crippen molar-refractivity contribution < 1.29 is 4.92 Å². The van der Waals surface area contributed by atoms with Crippen LogP contribution in [0, 0.1) is 10.1 Å². The molecule has 0 aliphatic rings. The molecule has 0 saturated carbocycles. The molecule has 11 heavy (non-hydrogen) atoms. The van der Waals surface area contributed by atoms with E-state index in [0.717, 1.165) is 16.3 Å². The molecule has 0 saturated heterocycles. The van der Waals surface area contributed by atoms with Crippen LogP contribution in [-0.4, -0.2) is 9.91 Å². The summed E-state index contributed by atoms with van der Waals surface area (Å²) in [5, 5.41) is 11.1. The first-order valence-corrected chi connectivity index (χ1v) is 4.03. The van der Waals surface area contributed by atoms with E-state index >= 15 is 0 Å². The highest BCUT2D eigenvalue weighted by molar-refractivity contribution is 7.14. The zero-order valence-electron chi connectivity index (χ0n) is 6.27. The minimum Gasteiger partial charge on any atom is -0.257 e. The molecule has 5 heteroatoms. The first kappa shape index (κ1) is 8.13. The monoisotopic (exact) mass is 172 g/mol. The quantitative estimate of drug-likeness (QED) is 0.507. The molecule has 0 N–H and O–H groups in total. The molecule has 1 rings (SSSR count). The molecule has 0 aliphatic heterocycles. The van der Waals surface area contributed by atoms with Crippen molar-refractivity contribution in [1.82, 2.24) is 4.98 Å². The average Bonchev–Trinajstić information content (AvgIpc) is 2.33. The highest BCUT2D eigenvalue weighted by atomic mass is 32.1. The molecule has 1 aromatic rings. The normalized spacial score (nSPS) is 10.5. The van der Waals surface area contributed by atoms with Gasteiger partial charge in [0.1, 0.15) is 11.2 Å². The molecule has 0 radical (unpaired) electrons. The van der Waals surface area contributed by atoms with E-state index in [4.69, 9.17) is 0 Å².